The summed E-state index contributed by atoms with van der Waals surface area (Å²) in [6, 6.07) is 19.6. The number of hydrogen-bond acceptors (Lipinski definition) is 2. The second-order valence-corrected chi connectivity index (χ2v) is 6.93. The zero-order chi connectivity index (χ0) is 18.8. The third kappa shape index (κ3) is 2.89. The number of phenolic OH excluding ortho intramolecular Hbond substituents is 1. The van der Waals surface area contributed by atoms with Gasteiger partial charge in [-0.15, -0.1) is 0 Å². The van der Waals surface area contributed by atoms with Gasteiger partial charge in [0.1, 0.15) is 5.75 Å². The normalized spacial score (nSPS) is 11.3. The third-order valence-electron chi connectivity index (χ3n) is 5.27. The van der Waals surface area contributed by atoms with Crippen molar-refractivity contribution < 1.29 is 9.90 Å². The fraction of sp³-hybridized carbons (Fsp3) is 0.208. The Bertz CT molecular complexity index is 1120. The lowest BCUT2D eigenvalue weighted by Crippen LogP contribution is -2.02. The van der Waals surface area contributed by atoms with Gasteiger partial charge in [-0.05, 0) is 30.0 Å². The van der Waals surface area contributed by atoms with Crippen LogP contribution in [0, 0.1) is 0 Å². The number of aldehydes is 1. The van der Waals surface area contributed by atoms with E-state index in [1.807, 2.05) is 48.5 Å². The molecule has 0 aliphatic carbocycles. The number of benzene rings is 3. The van der Waals surface area contributed by atoms with Gasteiger partial charge in [0, 0.05) is 34.0 Å². The van der Waals surface area contributed by atoms with Crippen molar-refractivity contribution in [2.75, 3.05) is 0 Å². The van der Waals surface area contributed by atoms with Crippen LogP contribution in [0.15, 0.2) is 60.7 Å². The van der Waals surface area contributed by atoms with Gasteiger partial charge in [0.25, 0.3) is 0 Å². The summed E-state index contributed by atoms with van der Waals surface area (Å²) >= 11 is 0. The summed E-state index contributed by atoms with van der Waals surface area (Å²) in [5, 5.41) is 13.0. The Labute approximate surface area is 158 Å². The van der Waals surface area contributed by atoms with Gasteiger partial charge in [0.2, 0.25) is 0 Å². The van der Waals surface area contributed by atoms with Crippen LogP contribution in [-0.4, -0.2) is 16.0 Å². The number of unbranched alkanes of at least 4 members (excludes halogenated alkanes) is 2. The maximum atomic E-state index is 12.1. The molecule has 27 heavy (non-hydrogen) atoms. The second-order valence-electron chi connectivity index (χ2n) is 6.93. The van der Waals surface area contributed by atoms with Crippen LogP contribution >= 0.6 is 0 Å². The molecule has 0 atom stereocenters. The van der Waals surface area contributed by atoms with Gasteiger partial charge in [-0.2, -0.15) is 0 Å². The summed E-state index contributed by atoms with van der Waals surface area (Å²) in [5.74, 6) is 0.260. The lowest BCUT2D eigenvalue weighted by Gasteiger charge is -2.14. The second kappa shape index (κ2) is 7.28. The minimum Gasteiger partial charge on any atom is -0.507 e. The van der Waals surface area contributed by atoms with Crippen molar-refractivity contribution in [1.82, 2.24) is 4.57 Å². The first-order chi connectivity index (χ1) is 13.3. The van der Waals surface area contributed by atoms with Gasteiger partial charge in [-0.3, -0.25) is 4.79 Å². The van der Waals surface area contributed by atoms with Crippen LogP contribution in [-0.2, 0) is 6.54 Å². The van der Waals surface area contributed by atoms with Crippen molar-refractivity contribution >= 4 is 28.0 Å². The zero-order valence-electron chi connectivity index (χ0n) is 15.5. The molecule has 3 aromatic carbocycles. The highest BCUT2D eigenvalue weighted by Gasteiger charge is 2.20. The minimum atomic E-state index is 0.260. The molecule has 0 saturated heterocycles. The fourth-order valence-electron chi connectivity index (χ4n) is 3.98. The number of carbonyl (C=O) groups excluding carboxylic acids is 1. The van der Waals surface area contributed by atoms with Crippen LogP contribution in [0.3, 0.4) is 0 Å². The molecule has 136 valence electrons. The summed E-state index contributed by atoms with van der Waals surface area (Å²) < 4.78 is 2.27. The first-order valence-corrected chi connectivity index (χ1v) is 9.53. The van der Waals surface area contributed by atoms with E-state index in [1.165, 1.54) is 0 Å². The molecule has 0 saturated carbocycles. The van der Waals surface area contributed by atoms with Crippen molar-refractivity contribution in [2.45, 2.75) is 32.7 Å². The molecule has 0 aliphatic heterocycles. The molecule has 0 fully saturated rings. The topological polar surface area (TPSA) is 42.2 Å². The van der Waals surface area contributed by atoms with Gasteiger partial charge in [-0.1, -0.05) is 62.2 Å². The summed E-state index contributed by atoms with van der Waals surface area (Å²) in [6.07, 6.45) is 4.34. The predicted octanol–water partition coefficient (Wildman–Crippen LogP) is 6.17. The summed E-state index contributed by atoms with van der Waals surface area (Å²) in [6.45, 7) is 3.06. The van der Waals surface area contributed by atoms with Crippen molar-refractivity contribution in [3.05, 3.63) is 66.2 Å². The van der Waals surface area contributed by atoms with Gasteiger partial charge < -0.3 is 9.67 Å². The van der Waals surface area contributed by atoms with Crippen LogP contribution in [0.1, 0.15) is 36.5 Å². The molecule has 4 rings (SSSR count). The molecule has 0 unspecified atom stereocenters. The van der Waals surface area contributed by atoms with E-state index < -0.39 is 0 Å². The van der Waals surface area contributed by atoms with Crippen LogP contribution in [0.5, 0.6) is 5.75 Å². The van der Waals surface area contributed by atoms with Crippen LogP contribution in [0.4, 0.5) is 0 Å². The summed E-state index contributed by atoms with van der Waals surface area (Å²) in [4.78, 5) is 12.1. The van der Waals surface area contributed by atoms with Gasteiger partial charge in [0.15, 0.2) is 6.29 Å². The van der Waals surface area contributed by atoms with Crippen molar-refractivity contribution in [3.63, 3.8) is 0 Å². The summed E-state index contributed by atoms with van der Waals surface area (Å²) in [5.41, 5.74) is 3.73. The molecule has 0 aliphatic rings. The Morgan fingerprint density at radius 1 is 0.889 bits per heavy atom. The van der Waals surface area contributed by atoms with Crippen LogP contribution < -0.4 is 0 Å². The molecule has 0 spiro atoms. The van der Waals surface area contributed by atoms with E-state index in [1.54, 1.807) is 6.07 Å². The Morgan fingerprint density at radius 3 is 2.33 bits per heavy atom. The number of aryl methyl sites for hydroxylation is 1. The number of carbonyl (C=O) groups is 1. The van der Waals surface area contributed by atoms with Crippen molar-refractivity contribution in [2.24, 2.45) is 0 Å². The quantitative estimate of drug-likeness (QED) is 0.331. The SMILES string of the molecule is CCCCCn1c(-c2ccc(O)c3ccccc23)c(C=O)c2ccccc21. The zero-order valence-corrected chi connectivity index (χ0v) is 15.5. The molecule has 1 heterocycles. The maximum absolute atomic E-state index is 12.1. The molecule has 0 radical (unpaired) electrons. The van der Waals surface area contributed by atoms with E-state index in [0.717, 1.165) is 70.6 Å². The monoisotopic (exact) mass is 357 g/mol. The molecule has 1 aromatic heterocycles. The largest absolute Gasteiger partial charge is 0.507 e. The molecule has 1 N–H and O–H groups in total. The molecular formula is C24H23NO2. The molecule has 0 amide bonds. The minimum absolute atomic E-state index is 0.260. The fourth-order valence-corrected chi connectivity index (χ4v) is 3.98. The number of hydrogen-bond donors (Lipinski definition) is 1. The van der Waals surface area contributed by atoms with Crippen LogP contribution in [0.2, 0.25) is 0 Å². The highest BCUT2D eigenvalue weighted by atomic mass is 16.3. The molecular weight excluding hydrogens is 334 g/mol. The van der Waals surface area contributed by atoms with Crippen molar-refractivity contribution in [3.8, 4) is 17.0 Å². The van der Waals surface area contributed by atoms with E-state index >= 15 is 0 Å². The number of rotatable bonds is 6. The number of nitrogens with zero attached hydrogens (tertiary/aromatic N) is 1. The van der Waals surface area contributed by atoms with Gasteiger partial charge >= 0.3 is 0 Å². The Kier molecular flexibility index (Phi) is 4.68. The number of para-hydroxylation sites is 1. The third-order valence-corrected chi connectivity index (χ3v) is 5.27. The first kappa shape index (κ1) is 17.3. The number of aromatic nitrogens is 1. The lowest BCUT2D eigenvalue weighted by atomic mass is 9.98. The molecule has 3 nitrogen and oxygen atoms in total. The Hall–Kier alpha value is -3.07. The van der Waals surface area contributed by atoms with E-state index in [-0.39, 0.29) is 5.75 Å². The van der Waals surface area contributed by atoms with E-state index in [0.29, 0.717) is 0 Å². The highest BCUT2D eigenvalue weighted by molar-refractivity contribution is 6.09. The Morgan fingerprint density at radius 2 is 1.59 bits per heavy atom. The Balaban J connectivity index is 2.05. The molecule has 0 bridgehead atoms. The lowest BCUT2D eigenvalue weighted by molar-refractivity contribution is 0.112. The molecule has 3 heteroatoms. The van der Waals surface area contributed by atoms with Crippen LogP contribution in [0.25, 0.3) is 32.9 Å². The summed E-state index contributed by atoms with van der Waals surface area (Å²) in [7, 11) is 0. The standard InChI is InChI=1S/C24H23NO2/c1-2-3-8-15-25-22-12-7-6-10-18(22)21(16-26)24(25)20-13-14-23(27)19-11-5-4-9-17(19)20/h4-7,9-14,16,27H,2-3,8,15H2,1H3. The number of fused-ring (bicyclic) bond motifs is 2. The highest BCUT2D eigenvalue weighted by Crippen LogP contribution is 2.39. The molecule has 4 aromatic rings. The van der Waals surface area contributed by atoms with Gasteiger partial charge in [-0.25, -0.2) is 0 Å². The van der Waals surface area contributed by atoms with Gasteiger partial charge in [0.05, 0.1) is 5.69 Å². The van der Waals surface area contributed by atoms with E-state index in [4.69, 9.17) is 0 Å². The first-order valence-electron chi connectivity index (χ1n) is 9.53. The van der Waals surface area contributed by atoms with Crippen molar-refractivity contribution in [1.29, 1.82) is 0 Å². The average molecular weight is 357 g/mol. The number of phenols is 1. The number of aromatic hydroxyl groups is 1. The predicted molar refractivity (Wildman–Crippen MR) is 111 cm³/mol. The maximum Gasteiger partial charge on any atom is 0.152 e. The smallest absolute Gasteiger partial charge is 0.152 e. The van der Waals surface area contributed by atoms with E-state index in [2.05, 4.69) is 17.6 Å². The average Bonchev–Trinajstić information content (AvgIpc) is 3.02. The van der Waals surface area contributed by atoms with E-state index in [9.17, 15) is 9.90 Å².